The van der Waals surface area contributed by atoms with E-state index in [0.29, 0.717) is 36.3 Å². The van der Waals surface area contributed by atoms with E-state index in [0.717, 1.165) is 5.56 Å². The molecule has 180 valence electrons. The molecule has 0 saturated carbocycles. The van der Waals surface area contributed by atoms with Gasteiger partial charge in [0.1, 0.15) is 6.61 Å². The summed E-state index contributed by atoms with van der Waals surface area (Å²) >= 11 is 0. The Morgan fingerprint density at radius 1 is 0.969 bits per heavy atom. The molecule has 0 aliphatic rings. The molecule has 0 saturated heterocycles. The van der Waals surface area contributed by atoms with Gasteiger partial charge in [0.2, 0.25) is 0 Å². The van der Waals surface area contributed by atoms with E-state index in [-0.39, 0.29) is 12.6 Å². The maximum absolute atomic E-state index is 12.5. The molecule has 0 unspecified atom stereocenters. The Morgan fingerprint density at radius 3 is 2.09 bits per heavy atom. The summed E-state index contributed by atoms with van der Waals surface area (Å²) in [6.07, 6.45) is 3.05. The summed E-state index contributed by atoms with van der Waals surface area (Å²) < 4.78 is 17.0. The maximum atomic E-state index is 12.5. The summed E-state index contributed by atoms with van der Waals surface area (Å²) in [4.78, 5) is 24.1. The first-order chi connectivity index (χ1) is 15.1. The van der Waals surface area contributed by atoms with Crippen molar-refractivity contribution in [2.75, 3.05) is 13.2 Å². The number of amides is 1. The van der Waals surface area contributed by atoms with Gasteiger partial charge in [0.05, 0.1) is 19.3 Å². The highest BCUT2D eigenvalue weighted by atomic mass is 28.4. The van der Waals surface area contributed by atoms with Crippen LogP contribution in [0.1, 0.15) is 60.5 Å². The molecule has 0 bridgehead atoms. The standard InChI is InChI=1S/C25H41NO5Si/c1-8-29-24(27)16-12-15-23(18-31-32(19(2)3,20(4)5)21(6)7)26-25(28)30-17-22-13-10-9-11-14-22/h9-14,16,19-21,23H,8,15,17-18H2,1-7H3,(H,26,28)/b16-12+/t23-/m1/s1. The molecule has 32 heavy (non-hydrogen) atoms. The van der Waals surface area contributed by atoms with Crippen molar-refractivity contribution in [1.29, 1.82) is 0 Å². The largest absolute Gasteiger partial charge is 0.463 e. The molecule has 0 fully saturated rings. The number of hydrogen-bond donors (Lipinski definition) is 1. The van der Waals surface area contributed by atoms with Crippen LogP contribution in [0, 0.1) is 0 Å². The molecule has 1 atom stereocenters. The zero-order valence-corrected chi connectivity index (χ0v) is 21.7. The molecule has 1 N–H and O–H groups in total. The van der Waals surface area contributed by atoms with Crippen LogP contribution in [0.4, 0.5) is 4.79 Å². The summed E-state index contributed by atoms with van der Waals surface area (Å²) in [7, 11) is -2.09. The Morgan fingerprint density at radius 2 is 1.56 bits per heavy atom. The van der Waals surface area contributed by atoms with Gasteiger partial charge < -0.3 is 19.2 Å². The number of esters is 1. The van der Waals surface area contributed by atoms with Gasteiger partial charge in [-0.3, -0.25) is 0 Å². The predicted molar refractivity (Wildman–Crippen MR) is 131 cm³/mol. The Bertz CT molecular complexity index is 697. The molecule has 0 aliphatic heterocycles. The predicted octanol–water partition coefficient (Wildman–Crippen LogP) is 5.98. The third-order valence-electron chi connectivity index (χ3n) is 5.74. The smallest absolute Gasteiger partial charge is 0.407 e. The van der Waals surface area contributed by atoms with Gasteiger partial charge in [-0.05, 0) is 35.5 Å². The van der Waals surface area contributed by atoms with Crippen LogP contribution < -0.4 is 5.32 Å². The fourth-order valence-electron chi connectivity index (χ4n) is 4.36. The quantitative estimate of drug-likeness (QED) is 0.221. The minimum absolute atomic E-state index is 0.196. The van der Waals surface area contributed by atoms with Crippen LogP contribution in [-0.4, -0.2) is 39.6 Å². The minimum atomic E-state index is -2.09. The van der Waals surface area contributed by atoms with Crippen LogP contribution in [0.2, 0.25) is 16.6 Å². The van der Waals surface area contributed by atoms with Gasteiger partial charge in [0, 0.05) is 6.08 Å². The molecular formula is C25H41NO5Si. The third kappa shape index (κ3) is 8.79. The van der Waals surface area contributed by atoms with Gasteiger partial charge in [-0.15, -0.1) is 0 Å². The molecule has 0 aliphatic carbocycles. The van der Waals surface area contributed by atoms with Crippen molar-refractivity contribution in [3.63, 3.8) is 0 Å². The van der Waals surface area contributed by atoms with E-state index in [9.17, 15) is 9.59 Å². The minimum Gasteiger partial charge on any atom is -0.463 e. The third-order valence-corrected chi connectivity index (χ3v) is 11.8. The van der Waals surface area contributed by atoms with Gasteiger partial charge in [0.25, 0.3) is 0 Å². The molecular weight excluding hydrogens is 422 g/mol. The molecule has 0 spiro atoms. The first-order valence-corrected chi connectivity index (χ1v) is 13.7. The van der Waals surface area contributed by atoms with Crippen molar-refractivity contribution in [3.8, 4) is 0 Å². The topological polar surface area (TPSA) is 73.9 Å². The highest BCUT2D eigenvalue weighted by molar-refractivity contribution is 6.77. The van der Waals surface area contributed by atoms with Gasteiger partial charge in [0.15, 0.2) is 8.32 Å². The lowest BCUT2D eigenvalue weighted by Crippen LogP contribution is -2.51. The van der Waals surface area contributed by atoms with E-state index < -0.39 is 20.4 Å². The Kier molecular flexibility index (Phi) is 12.3. The van der Waals surface area contributed by atoms with Crippen molar-refractivity contribution in [2.24, 2.45) is 0 Å². The zero-order valence-electron chi connectivity index (χ0n) is 20.7. The number of carbonyl (C=O) groups excluding carboxylic acids is 2. The van der Waals surface area contributed by atoms with Crippen molar-refractivity contribution < 1.29 is 23.5 Å². The van der Waals surface area contributed by atoms with E-state index in [1.165, 1.54) is 6.08 Å². The maximum Gasteiger partial charge on any atom is 0.407 e. The lowest BCUT2D eigenvalue weighted by Gasteiger charge is -2.43. The average molecular weight is 464 g/mol. The molecule has 7 heteroatoms. The first kappa shape index (κ1) is 27.9. The second kappa shape index (κ2) is 14.1. The van der Waals surface area contributed by atoms with E-state index in [2.05, 4.69) is 46.9 Å². The van der Waals surface area contributed by atoms with Gasteiger partial charge in [-0.2, -0.15) is 0 Å². The fourth-order valence-corrected chi connectivity index (χ4v) is 9.85. The summed E-state index contributed by atoms with van der Waals surface area (Å²) in [5, 5.41) is 2.92. The highest BCUT2D eigenvalue weighted by Gasteiger charge is 2.45. The lowest BCUT2D eigenvalue weighted by atomic mass is 10.2. The summed E-state index contributed by atoms with van der Waals surface area (Å²) in [5.74, 6) is -0.394. The van der Waals surface area contributed by atoms with Crippen molar-refractivity contribution in [3.05, 3.63) is 48.0 Å². The Labute approximate surface area is 194 Å². The number of rotatable bonds is 13. The second-order valence-corrected chi connectivity index (χ2v) is 14.4. The molecule has 0 aromatic heterocycles. The zero-order chi connectivity index (χ0) is 24.1. The number of alkyl carbamates (subject to hydrolysis) is 1. The molecule has 1 rings (SSSR count). The van der Waals surface area contributed by atoms with Crippen LogP contribution in [0.3, 0.4) is 0 Å². The summed E-state index contributed by atoms with van der Waals surface area (Å²) in [6, 6.07) is 9.23. The van der Waals surface area contributed by atoms with Crippen molar-refractivity contribution in [1.82, 2.24) is 5.32 Å². The van der Waals surface area contributed by atoms with E-state index in [1.54, 1.807) is 13.0 Å². The first-order valence-electron chi connectivity index (χ1n) is 11.6. The second-order valence-electron chi connectivity index (χ2n) is 8.92. The normalized spacial score (nSPS) is 13.1. The monoisotopic (exact) mass is 463 g/mol. The summed E-state index contributed by atoms with van der Waals surface area (Å²) in [5.41, 5.74) is 2.22. The van der Waals surface area contributed by atoms with Crippen LogP contribution >= 0.6 is 0 Å². The Hall–Kier alpha value is -2.12. The SMILES string of the molecule is CCOC(=O)/C=C/C[C@H](CO[Si](C(C)C)(C(C)C)C(C)C)NC(=O)OCc1ccccc1. The van der Waals surface area contributed by atoms with Gasteiger partial charge in [-0.25, -0.2) is 9.59 Å². The van der Waals surface area contributed by atoms with Crippen LogP contribution in [0.5, 0.6) is 0 Å². The molecule has 6 nitrogen and oxygen atoms in total. The van der Waals surface area contributed by atoms with Crippen LogP contribution in [0.15, 0.2) is 42.5 Å². The number of ether oxygens (including phenoxy) is 2. The van der Waals surface area contributed by atoms with Gasteiger partial charge >= 0.3 is 12.1 Å². The Balaban J connectivity index is 2.86. The number of hydrogen-bond acceptors (Lipinski definition) is 5. The van der Waals surface area contributed by atoms with Crippen LogP contribution in [0.25, 0.3) is 0 Å². The summed E-state index contributed by atoms with van der Waals surface area (Å²) in [6.45, 7) is 16.0. The molecule has 0 heterocycles. The number of carbonyl (C=O) groups is 2. The van der Waals surface area contributed by atoms with E-state index in [1.807, 2.05) is 30.3 Å². The van der Waals surface area contributed by atoms with E-state index in [4.69, 9.17) is 13.9 Å². The van der Waals surface area contributed by atoms with E-state index >= 15 is 0 Å². The van der Waals surface area contributed by atoms with Gasteiger partial charge in [-0.1, -0.05) is 78.0 Å². The molecule has 1 aromatic carbocycles. The number of nitrogens with one attached hydrogen (secondary N) is 1. The van der Waals surface area contributed by atoms with Crippen molar-refractivity contribution >= 4 is 20.4 Å². The molecule has 0 radical (unpaired) electrons. The van der Waals surface area contributed by atoms with Crippen LogP contribution in [-0.2, 0) is 25.3 Å². The number of benzene rings is 1. The average Bonchev–Trinajstić information content (AvgIpc) is 2.72. The lowest BCUT2D eigenvalue weighted by molar-refractivity contribution is -0.137. The highest BCUT2D eigenvalue weighted by Crippen LogP contribution is 2.42. The molecule has 1 aromatic rings. The molecule has 1 amide bonds. The van der Waals surface area contributed by atoms with Crippen molar-refractivity contribution in [2.45, 2.75) is 84.2 Å². The fraction of sp³-hybridized carbons (Fsp3) is 0.600.